The number of hydrogen-bond acceptors (Lipinski definition) is 3. The summed E-state index contributed by atoms with van der Waals surface area (Å²) in [6.45, 7) is 5.61. The number of Topliss-reactive ketones (excluding diaryl/α,β-unsaturated/α-hetero) is 1. The van der Waals surface area contributed by atoms with Gasteiger partial charge in [0.1, 0.15) is 0 Å². The summed E-state index contributed by atoms with van der Waals surface area (Å²) in [4.78, 5) is 24.5. The predicted octanol–water partition coefficient (Wildman–Crippen LogP) is 2.10. The first-order valence-electron chi connectivity index (χ1n) is 7.21. The van der Waals surface area contributed by atoms with Crippen molar-refractivity contribution in [2.24, 2.45) is 5.92 Å². The van der Waals surface area contributed by atoms with E-state index in [0.717, 1.165) is 42.7 Å². The molecule has 0 aliphatic carbocycles. The van der Waals surface area contributed by atoms with Crippen LogP contribution in [0.25, 0.3) is 0 Å². The number of amides is 1. The Morgan fingerprint density at radius 2 is 1.95 bits per heavy atom. The van der Waals surface area contributed by atoms with Gasteiger partial charge < -0.3 is 10.6 Å². The summed E-state index contributed by atoms with van der Waals surface area (Å²) in [7, 11) is 0. The summed E-state index contributed by atoms with van der Waals surface area (Å²) >= 11 is 0. The lowest BCUT2D eigenvalue weighted by Gasteiger charge is -2.22. The van der Waals surface area contributed by atoms with Gasteiger partial charge in [-0.1, -0.05) is 0 Å². The number of benzene rings is 1. The fraction of sp³-hybridized carbons (Fsp3) is 0.500. The van der Waals surface area contributed by atoms with E-state index >= 15 is 0 Å². The van der Waals surface area contributed by atoms with Gasteiger partial charge in [0.25, 0.3) is 0 Å². The molecule has 0 aromatic heterocycles. The van der Waals surface area contributed by atoms with Crippen LogP contribution in [0.15, 0.2) is 18.2 Å². The zero-order chi connectivity index (χ0) is 14.3. The lowest BCUT2D eigenvalue weighted by molar-refractivity contribution is -0.119. The van der Waals surface area contributed by atoms with Gasteiger partial charge in [-0.2, -0.15) is 0 Å². The molecule has 0 spiro atoms. The molecule has 1 aromatic carbocycles. The molecule has 2 aliphatic rings. The minimum atomic E-state index is -0.556. The second-order valence-electron chi connectivity index (χ2n) is 6.23. The smallest absolute Gasteiger partial charge is 0.234 e. The largest absolute Gasteiger partial charge is 0.325 e. The summed E-state index contributed by atoms with van der Waals surface area (Å²) in [5.74, 6) is 0.325. The monoisotopic (exact) mass is 272 g/mol. The minimum Gasteiger partial charge on any atom is -0.325 e. The maximum Gasteiger partial charge on any atom is 0.234 e. The molecule has 0 radical (unpaired) electrons. The fourth-order valence-corrected chi connectivity index (χ4v) is 3.04. The Morgan fingerprint density at radius 3 is 2.65 bits per heavy atom. The molecule has 1 aromatic rings. The normalized spacial score (nSPS) is 21.4. The first-order valence-corrected chi connectivity index (χ1v) is 7.21. The maximum atomic E-state index is 12.6. The Morgan fingerprint density at radius 1 is 1.25 bits per heavy atom. The van der Waals surface area contributed by atoms with Gasteiger partial charge in [-0.05, 0) is 63.5 Å². The molecular formula is C16H20N2O2. The van der Waals surface area contributed by atoms with Crippen LogP contribution in [0.1, 0.15) is 42.6 Å². The van der Waals surface area contributed by atoms with Crippen molar-refractivity contribution in [3.05, 3.63) is 29.3 Å². The van der Waals surface area contributed by atoms with Crippen LogP contribution in [-0.4, -0.2) is 24.8 Å². The zero-order valence-corrected chi connectivity index (χ0v) is 12.0. The third-order valence-electron chi connectivity index (χ3n) is 4.50. The highest BCUT2D eigenvalue weighted by Crippen LogP contribution is 2.38. The molecule has 4 nitrogen and oxygen atoms in total. The number of carbonyl (C=O) groups is 2. The molecule has 20 heavy (non-hydrogen) atoms. The number of rotatable bonds is 2. The van der Waals surface area contributed by atoms with Crippen molar-refractivity contribution in [2.75, 3.05) is 18.4 Å². The van der Waals surface area contributed by atoms with Crippen LogP contribution in [0.5, 0.6) is 0 Å². The van der Waals surface area contributed by atoms with Crippen molar-refractivity contribution in [1.29, 1.82) is 0 Å². The molecule has 4 heteroatoms. The molecule has 2 N–H and O–H groups in total. The summed E-state index contributed by atoms with van der Waals surface area (Å²) in [6, 6.07) is 5.60. The predicted molar refractivity (Wildman–Crippen MR) is 78.0 cm³/mol. The lowest BCUT2D eigenvalue weighted by atomic mass is 9.83. The molecule has 1 fully saturated rings. The van der Waals surface area contributed by atoms with Crippen molar-refractivity contribution >= 4 is 17.4 Å². The summed E-state index contributed by atoms with van der Waals surface area (Å²) in [6.07, 6.45) is 1.80. The molecule has 2 aliphatic heterocycles. The first kappa shape index (κ1) is 13.3. The second kappa shape index (κ2) is 4.70. The highest BCUT2D eigenvalue weighted by molar-refractivity contribution is 6.07. The Balaban J connectivity index is 1.91. The minimum absolute atomic E-state index is 0.000958. The molecule has 0 unspecified atom stereocenters. The van der Waals surface area contributed by atoms with Crippen LogP contribution in [0.2, 0.25) is 0 Å². The van der Waals surface area contributed by atoms with Gasteiger partial charge in [0.15, 0.2) is 5.78 Å². The Labute approximate surface area is 118 Å². The highest BCUT2D eigenvalue weighted by atomic mass is 16.2. The summed E-state index contributed by atoms with van der Waals surface area (Å²) in [5.41, 5.74) is 1.95. The van der Waals surface area contributed by atoms with E-state index in [-0.39, 0.29) is 17.6 Å². The molecule has 0 saturated carbocycles. The van der Waals surface area contributed by atoms with Crippen molar-refractivity contribution in [1.82, 2.24) is 5.32 Å². The average molecular weight is 272 g/mol. The molecule has 3 rings (SSSR count). The molecule has 0 bridgehead atoms. The van der Waals surface area contributed by atoms with Crippen molar-refractivity contribution in [3.63, 3.8) is 0 Å². The number of hydrogen-bond donors (Lipinski definition) is 2. The van der Waals surface area contributed by atoms with Gasteiger partial charge in [-0.15, -0.1) is 0 Å². The standard InChI is InChI=1S/C16H20N2O2/c1-16(2)12-9-11(3-4-13(12)18-15(16)20)14(19)10-5-7-17-8-6-10/h3-4,9-10,17H,5-8H2,1-2H3,(H,18,20). The van der Waals surface area contributed by atoms with E-state index < -0.39 is 5.41 Å². The van der Waals surface area contributed by atoms with E-state index in [0.29, 0.717) is 0 Å². The quantitative estimate of drug-likeness (QED) is 0.811. The number of anilines is 1. The Kier molecular flexibility index (Phi) is 3.13. The first-order chi connectivity index (χ1) is 9.50. The van der Waals surface area contributed by atoms with E-state index in [2.05, 4.69) is 10.6 Å². The second-order valence-corrected chi connectivity index (χ2v) is 6.23. The lowest BCUT2D eigenvalue weighted by Crippen LogP contribution is -2.32. The van der Waals surface area contributed by atoms with E-state index in [1.54, 1.807) is 0 Å². The van der Waals surface area contributed by atoms with Crippen LogP contribution in [0, 0.1) is 5.92 Å². The number of nitrogens with one attached hydrogen (secondary N) is 2. The van der Waals surface area contributed by atoms with E-state index in [1.807, 2.05) is 32.0 Å². The van der Waals surface area contributed by atoms with Gasteiger partial charge in [-0.25, -0.2) is 0 Å². The van der Waals surface area contributed by atoms with Crippen LogP contribution in [0.4, 0.5) is 5.69 Å². The molecule has 1 amide bonds. The highest BCUT2D eigenvalue weighted by Gasteiger charge is 2.38. The SMILES string of the molecule is CC1(C)C(=O)Nc2ccc(C(=O)C3CCNCC3)cc21. The third kappa shape index (κ3) is 2.04. The van der Waals surface area contributed by atoms with Gasteiger partial charge in [0.05, 0.1) is 5.41 Å². The van der Waals surface area contributed by atoms with Crippen molar-refractivity contribution < 1.29 is 9.59 Å². The third-order valence-corrected chi connectivity index (χ3v) is 4.50. The molecule has 0 atom stereocenters. The zero-order valence-electron chi connectivity index (χ0n) is 12.0. The number of fused-ring (bicyclic) bond motifs is 1. The van der Waals surface area contributed by atoms with Crippen molar-refractivity contribution in [3.8, 4) is 0 Å². The van der Waals surface area contributed by atoms with Crippen LogP contribution in [-0.2, 0) is 10.2 Å². The Bertz CT molecular complexity index is 572. The van der Waals surface area contributed by atoms with E-state index in [1.165, 1.54) is 0 Å². The van der Waals surface area contributed by atoms with Crippen LogP contribution >= 0.6 is 0 Å². The van der Waals surface area contributed by atoms with Crippen molar-refractivity contribution in [2.45, 2.75) is 32.1 Å². The number of ketones is 1. The summed E-state index contributed by atoms with van der Waals surface area (Å²) in [5, 5.41) is 6.15. The topological polar surface area (TPSA) is 58.2 Å². The summed E-state index contributed by atoms with van der Waals surface area (Å²) < 4.78 is 0. The molecule has 106 valence electrons. The fourth-order valence-electron chi connectivity index (χ4n) is 3.04. The van der Waals surface area contributed by atoms with E-state index in [9.17, 15) is 9.59 Å². The number of piperidine rings is 1. The van der Waals surface area contributed by atoms with Gasteiger partial charge in [0, 0.05) is 17.2 Å². The number of carbonyl (C=O) groups excluding carboxylic acids is 2. The molecular weight excluding hydrogens is 252 g/mol. The van der Waals surface area contributed by atoms with Gasteiger partial charge in [0.2, 0.25) is 5.91 Å². The van der Waals surface area contributed by atoms with Crippen LogP contribution in [0.3, 0.4) is 0 Å². The van der Waals surface area contributed by atoms with Crippen LogP contribution < -0.4 is 10.6 Å². The Hall–Kier alpha value is -1.68. The maximum absolute atomic E-state index is 12.6. The average Bonchev–Trinajstić information content (AvgIpc) is 2.69. The van der Waals surface area contributed by atoms with Gasteiger partial charge >= 0.3 is 0 Å². The van der Waals surface area contributed by atoms with E-state index in [4.69, 9.17) is 0 Å². The van der Waals surface area contributed by atoms with Gasteiger partial charge in [-0.3, -0.25) is 9.59 Å². The molecule has 1 saturated heterocycles. The molecule has 2 heterocycles.